The summed E-state index contributed by atoms with van der Waals surface area (Å²) in [5.74, 6) is -0.0885. The van der Waals surface area contributed by atoms with E-state index in [-0.39, 0.29) is 5.91 Å². The normalized spacial score (nSPS) is 11.4. The monoisotopic (exact) mass is 402 g/mol. The first kappa shape index (κ1) is 19.1. The first-order valence-corrected chi connectivity index (χ1v) is 10.3. The third kappa shape index (κ3) is 4.43. The lowest BCUT2D eigenvalue weighted by atomic mass is 10.1. The van der Waals surface area contributed by atoms with Crippen molar-refractivity contribution in [2.24, 2.45) is 0 Å². The Morgan fingerprint density at radius 1 is 1.17 bits per heavy atom. The molecule has 0 radical (unpaired) electrons. The number of aryl methyl sites for hydroxylation is 2. The number of carbonyl (C=O) groups is 1. The van der Waals surface area contributed by atoms with E-state index < -0.39 is 0 Å². The van der Waals surface area contributed by atoms with Crippen LogP contribution in [0.2, 0.25) is 0 Å². The summed E-state index contributed by atoms with van der Waals surface area (Å²) in [6.07, 6.45) is 7.09. The van der Waals surface area contributed by atoms with Crippen LogP contribution < -0.4 is 4.90 Å². The summed E-state index contributed by atoms with van der Waals surface area (Å²) in [6, 6.07) is 15.9. The molecule has 4 rings (SSSR count). The predicted molar refractivity (Wildman–Crippen MR) is 119 cm³/mol. The zero-order valence-electron chi connectivity index (χ0n) is 16.4. The molecule has 0 fully saturated rings. The average molecular weight is 403 g/mol. The van der Waals surface area contributed by atoms with Gasteiger partial charge in [-0.25, -0.2) is 4.98 Å². The molecule has 2 aromatic carbocycles. The molecule has 0 saturated heterocycles. The van der Waals surface area contributed by atoms with Gasteiger partial charge in [0.25, 0.3) is 5.91 Å². The second kappa shape index (κ2) is 8.41. The minimum absolute atomic E-state index is 0.0885. The summed E-state index contributed by atoms with van der Waals surface area (Å²) in [6.45, 7) is 5.24. The lowest BCUT2D eigenvalue weighted by Gasteiger charge is -2.18. The van der Waals surface area contributed by atoms with Crippen LogP contribution in [0, 0.1) is 13.8 Å². The lowest BCUT2D eigenvalue weighted by Crippen LogP contribution is -2.32. The highest BCUT2D eigenvalue weighted by molar-refractivity contribution is 7.22. The molecule has 29 heavy (non-hydrogen) atoms. The summed E-state index contributed by atoms with van der Waals surface area (Å²) in [5, 5.41) is 4.96. The molecule has 2 aromatic heterocycles. The summed E-state index contributed by atoms with van der Waals surface area (Å²) < 4.78 is 2.92. The number of anilines is 1. The molecule has 1 amide bonds. The molecule has 146 valence electrons. The van der Waals surface area contributed by atoms with Crippen molar-refractivity contribution in [1.82, 2.24) is 14.8 Å². The van der Waals surface area contributed by atoms with Gasteiger partial charge in [0.05, 0.1) is 16.8 Å². The molecular weight excluding hydrogens is 380 g/mol. The highest BCUT2D eigenvalue weighted by atomic mass is 32.1. The van der Waals surface area contributed by atoms with Crippen molar-refractivity contribution in [3.8, 4) is 0 Å². The first-order valence-electron chi connectivity index (χ1n) is 9.50. The maximum atomic E-state index is 13.1. The predicted octanol–water partition coefficient (Wildman–Crippen LogP) is 4.86. The molecule has 0 N–H and O–H groups in total. The molecule has 0 bridgehead atoms. The maximum Gasteiger partial charge on any atom is 0.252 e. The van der Waals surface area contributed by atoms with Crippen LogP contribution >= 0.6 is 11.3 Å². The van der Waals surface area contributed by atoms with Crippen LogP contribution in [0.5, 0.6) is 0 Å². The Kier molecular flexibility index (Phi) is 5.53. The molecular formula is C23H22N4OS. The van der Waals surface area contributed by atoms with Gasteiger partial charge in [-0.1, -0.05) is 47.7 Å². The van der Waals surface area contributed by atoms with E-state index in [0.29, 0.717) is 18.2 Å². The molecule has 2 heterocycles. The van der Waals surface area contributed by atoms with Gasteiger partial charge in [0.2, 0.25) is 0 Å². The molecule has 0 spiro atoms. The second-order valence-corrected chi connectivity index (χ2v) is 7.94. The second-order valence-electron chi connectivity index (χ2n) is 6.93. The van der Waals surface area contributed by atoms with Gasteiger partial charge in [-0.3, -0.25) is 14.4 Å². The fraction of sp³-hybridized carbons (Fsp3) is 0.174. The van der Waals surface area contributed by atoms with Crippen LogP contribution in [0.15, 0.2) is 67.0 Å². The highest BCUT2D eigenvalue weighted by Crippen LogP contribution is 2.32. The minimum atomic E-state index is -0.0885. The van der Waals surface area contributed by atoms with Crippen molar-refractivity contribution in [3.63, 3.8) is 0 Å². The fourth-order valence-corrected chi connectivity index (χ4v) is 4.40. The molecule has 6 heteroatoms. The van der Waals surface area contributed by atoms with Crippen molar-refractivity contribution in [2.75, 3.05) is 11.4 Å². The van der Waals surface area contributed by atoms with Crippen LogP contribution in [0.4, 0.5) is 5.13 Å². The summed E-state index contributed by atoms with van der Waals surface area (Å²) in [5.41, 5.74) is 4.27. The van der Waals surface area contributed by atoms with E-state index in [1.54, 1.807) is 28.5 Å². The van der Waals surface area contributed by atoms with Gasteiger partial charge >= 0.3 is 0 Å². The van der Waals surface area contributed by atoms with E-state index in [9.17, 15) is 4.79 Å². The molecule has 0 saturated carbocycles. The maximum absolute atomic E-state index is 13.1. The first-order chi connectivity index (χ1) is 14.1. The quantitative estimate of drug-likeness (QED) is 0.433. The molecule has 0 unspecified atom stereocenters. The number of carbonyl (C=O) groups excluding carboxylic acids is 1. The van der Waals surface area contributed by atoms with E-state index in [2.05, 4.69) is 31.1 Å². The minimum Gasteiger partial charge on any atom is -0.283 e. The van der Waals surface area contributed by atoms with E-state index in [4.69, 9.17) is 4.98 Å². The lowest BCUT2D eigenvalue weighted by molar-refractivity contribution is -0.114. The topological polar surface area (TPSA) is 51.0 Å². The number of thiazole rings is 1. The Labute approximate surface area is 173 Å². The van der Waals surface area contributed by atoms with Crippen LogP contribution in [-0.2, 0) is 11.3 Å². The Morgan fingerprint density at radius 2 is 2.00 bits per heavy atom. The van der Waals surface area contributed by atoms with Crippen molar-refractivity contribution < 1.29 is 4.79 Å². The molecule has 0 atom stereocenters. The average Bonchev–Trinajstić information content (AvgIpc) is 3.37. The summed E-state index contributed by atoms with van der Waals surface area (Å²) in [4.78, 5) is 19.6. The number of nitrogens with zero attached hydrogens (tertiary/aromatic N) is 4. The Bertz CT molecular complexity index is 1150. The number of hydrogen-bond donors (Lipinski definition) is 0. The van der Waals surface area contributed by atoms with Gasteiger partial charge in [0, 0.05) is 25.0 Å². The third-order valence-corrected chi connectivity index (χ3v) is 5.67. The largest absolute Gasteiger partial charge is 0.283 e. The zero-order valence-corrected chi connectivity index (χ0v) is 17.3. The number of hydrogen-bond acceptors (Lipinski definition) is 4. The van der Waals surface area contributed by atoms with E-state index in [1.807, 2.05) is 53.4 Å². The van der Waals surface area contributed by atoms with Crippen LogP contribution in [0.1, 0.15) is 16.7 Å². The SMILES string of the molecule is Cc1cc(C)c2nc(N(CCn3cccn3)C(=O)/C=C/c3ccccc3)sc2c1. The fourth-order valence-electron chi connectivity index (χ4n) is 3.23. The van der Waals surface area contributed by atoms with Gasteiger partial charge in [-0.15, -0.1) is 0 Å². The Hall–Kier alpha value is -3.25. The molecule has 0 aliphatic carbocycles. The van der Waals surface area contributed by atoms with Gasteiger partial charge < -0.3 is 0 Å². The van der Waals surface area contributed by atoms with Crippen LogP contribution in [0.25, 0.3) is 16.3 Å². The van der Waals surface area contributed by atoms with Gasteiger partial charge in [-0.05, 0) is 48.7 Å². The van der Waals surface area contributed by atoms with Crippen molar-refractivity contribution in [1.29, 1.82) is 0 Å². The number of amides is 1. The van der Waals surface area contributed by atoms with Crippen molar-refractivity contribution >= 4 is 38.7 Å². The summed E-state index contributed by atoms with van der Waals surface area (Å²) >= 11 is 1.55. The number of fused-ring (bicyclic) bond motifs is 1. The van der Waals surface area contributed by atoms with E-state index >= 15 is 0 Å². The van der Waals surface area contributed by atoms with Crippen molar-refractivity contribution in [3.05, 3.63) is 83.7 Å². The smallest absolute Gasteiger partial charge is 0.252 e. The van der Waals surface area contributed by atoms with Gasteiger partial charge in [0.15, 0.2) is 5.13 Å². The summed E-state index contributed by atoms with van der Waals surface area (Å²) in [7, 11) is 0. The standard InChI is InChI=1S/C23H22N4OS/c1-17-15-18(2)22-20(16-17)29-23(25-22)27(14-13-26-12-6-11-24-26)21(28)10-9-19-7-4-3-5-8-19/h3-12,15-16H,13-14H2,1-2H3/b10-9+. The van der Waals surface area contributed by atoms with Crippen LogP contribution in [0.3, 0.4) is 0 Å². The van der Waals surface area contributed by atoms with E-state index in [1.165, 1.54) is 5.56 Å². The molecule has 0 aliphatic rings. The van der Waals surface area contributed by atoms with Crippen LogP contribution in [-0.4, -0.2) is 27.2 Å². The molecule has 4 aromatic rings. The number of aromatic nitrogens is 3. The number of rotatable bonds is 6. The number of benzene rings is 2. The zero-order chi connectivity index (χ0) is 20.2. The highest BCUT2D eigenvalue weighted by Gasteiger charge is 2.19. The van der Waals surface area contributed by atoms with E-state index in [0.717, 1.165) is 21.3 Å². The Balaban J connectivity index is 1.65. The van der Waals surface area contributed by atoms with Gasteiger partial charge in [-0.2, -0.15) is 5.10 Å². The molecule has 0 aliphatic heterocycles. The van der Waals surface area contributed by atoms with Gasteiger partial charge in [0.1, 0.15) is 0 Å². The Morgan fingerprint density at radius 3 is 2.76 bits per heavy atom. The molecule has 5 nitrogen and oxygen atoms in total. The van der Waals surface area contributed by atoms with Crippen molar-refractivity contribution in [2.45, 2.75) is 20.4 Å². The third-order valence-electron chi connectivity index (χ3n) is 4.65.